The van der Waals surface area contributed by atoms with Gasteiger partial charge in [-0.1, -0.05) is 38.3 Å². The van der Waals surface area contributed by atoms with Gasteiger partial charge >= 0.3 is 5.97 Å². The van der Waals surface area contributed by atoms with Gasteiger partial charge in [0.05, 0.1) is 17.6 Å². The Morgan fingerprint density at radius 3 is 2.42 bits per heavy atom. The molecule has 0 aliphatic rings. The molecule has 36 heavy (non-hydrogen) atoms. The van der Waals surface area contributed by atoms with Gasteiger partial charge in [0.25, 0.3) is 0 Å². The molecular formula is C30H30O6. The second kappa shape index (κ2) is 11.6. The molecule has 0 N–H and O–H groups in total. The molecule has 186 valence electrons. The van der Waals surface area contributed by atoms with Crippen molar-refractivity contribution in [1.82, 2.24) is 0 Å². The van der Waals surface area contributed by atoms with Crippen LogP contribution in [0.15, 0.2) is 76.1 Å². The van der Waals surface area contributed by atoms with Crippen molar-refractivity contribution in [2.45, 2.75) is 46.5 Å². The molecule has 6 heteroatoms. The summed E-state index contributed by atoms with van der Waals surface area (Å²) >= 11 is 0. The summed E-state index contributed by atoms with van der Waals surface area (Å²) in [5.74, 6) is 1.17. The fourth-order valence-corrected chi connectivity index (χ4v) is 3.73. The molecule has 6 nitrogen and oxygen atoms in total. The topological polar surface area (TPSA) is 75.0 Å². The highest BCUT2D eigenvalue weighted by Gasteiger charge is 2.14. The van der Waals surface area contributed by atoms with Gasteiger partial charge < -0.3 is 18.6 Å². The summed E-state index contributed by atoms with van der Waals surface area (Å²) < 4.78 is 22.7. The van der Waals surface area contributed by atoms with Gasteiger partial charge in [-0.05, 0) is 73.9 Å². The minimum atomic E-state index is -0.513. The van der Waals surface area contributed by atoms with E-state index in [1.54, 1.807) is 36.4 Å². The van der Waals surface area contributed by atoms with Crippen LogP contribution in [0.25, 0.3) is 11.0 Å². The number of fused-ring (bicyclic) bond motifs is 1. The summed E-state index contributed by atoms with van der Waals surface area (Å²) in [6.45, 7) is 6.69. The van der Waals surface area contributed by atoms with Crippen LogP contribution in [0.3, 0.4) is 0 Å². The van der Waals surface area contributed by atoms with Crippen LogP contribution >= 0.6 is 0 Å². The quantitative estimate of drug-likeness (QED) is 0.132. The number of benzene rings is 3. The van der Waals surface area contributed by atoms with Gasteiger partial charge in [0.1, 0.15) is 29.1 Å². The largest absolute Gasteiger partial charge is 0.494 e. The number of ether oxygens (including phenoxy) is 3. The van der Waals surface area contributed by atoms with Crippen LogP contribution in [0, 0.1) is 13.8 Å². The molecule has 0 bridgehead atoms. The molecule has 0 unspecified atom stereocenters. The standard InChI is InChI=1S/C30H30O6/c1-4-5-6-7-16-33-23-12-10-22(11-13-23)30(32)35-24-14-15-25-27(18-24)34-19-28(29(25)31)36-26-17-20(2)8-9-21(26)3/h8-15,17-19H,4-7,16H2,1-3H3. The second-order valence-corrected chi connectivity index (χ2v) is 8.78. The van der Waals surface area contributed by atoms with E-state index in [-0.39, 0.29) is 16.9 Å². The number of hydrogen-bond acceptors (Lipinski definition) is 6. The first-order valence-corrected chi connectivity index (χ1v) is 12.2. The zero-order chi connectivity index (χ0) is 25.5. The Morgan fingerprint density at radius 2 is 1.64 bits per heavy atom. The molecule has 0 saturated heterocycles. The Kier molecular flexibility index (Phi) is 8.06. The number of carbonyl (C=O) groups is 1. The lowest BCUT2D eigenvalue weighted by Crippen LogP contribution is -2.09. The number of rotatable bonds is 10. The molecule has 1 heterocycles. The molecule has 0 radical (unpaired) electrons. The summed E-state index contributed by atoms with van der Waals surface area (Å²) in [4.78, 5) is 25.5. The van der Waals surface area contributed by atoms with E-state index in [4.69, 9.17) is 18.6 Å². The van der Waals surface area contributed by atoms with Gasteiger partial charge in [0, 0.05) is 6.07 Å². The first-order valence-electron chi connectivity index (χ1n) is 12.2. The van der Waals surface area contributed by atoms with Gasteiger partial charge in [-0.2, -0.15) is 0 Å². The molecule has 0 amide bonds. The van der Waals surface area contributed by atoms with E-state index in [1.165, 1.54) is 25.2 Å². The second-order valence-electron chi connectivity index (χ2n) is 8.78. The van der Waals surface area contributed by atoms with E-state index in [2.05, 4.69) is 6.92 Å². The molecule has 4 aromatic rings. The van der Waals surface area contributed by atoms with Crippen molar-refractivity contribution in [3.8, 4) is 23.0 Å². The third kappa shape index (κ3) is 6.13. The maximum atomic E-state index is 12.9. The fraction of sp³-hybridized carbons (Fsp3) is 0.267. The normalized spacial score (nSPS) is 10.9. The number of hydrogen-bond donors (Lipinski definition) is 0. The van der Waals surface area contributed by atoms with Crippen molar-refractivity contribution in [3.63, 3.8) is 0 Å². The highest BCUT2D eigenvalue weighted by molar-refractivity contribution is 5.91. The zero-order valence-corrected chi connectivity index (χ0v) is 20.8. The predicted molar refractivity (Wildman–Crippen MR) is 140 cm³/mol. The Balaban J connectivity index is 1.42. The van der Waals surface area contributed by atoms with Gasteiger partial charge in [-0.15, -0.1) is 0 Å². The third-order valence-electron chi connectivity index (χ3n) is 5.85. The molecule has 0 fully saturated rings. The molecule has 0 aliphatic carbocycles. The average molecular weight is 487 g/mol. The van der Waals surface area contributed by atoms with Crippen LogP contribution < -0.4 is 19.6 Å². The smallest absolute Gasteiger partial charge is 0.343 e. The minimum absolute atomic E-state index is 0.0913. The zero-order valence-electron chi connectivity index (χ0n) is 20.8. The van der Waals surface area contributed by atoms with Crippen molar-refractivity contribution >= 4 is 16.9 Å². The maximum absolute atomic E-state index is 12.9. The van der Waals surface area contributed by atoms with Crippen LogP contribution in [0.2, 0.25) is 0 Å². The van der Waals surface area contributed by atoms with Gasteiger partial charge in [0.15, 0.2) is 0 Å². The molecule has 3 aromatic carbocycles. The Hall–Kier alpha value is -4.06. The molecule has 0 aliphatic heterocycles. The van der Waals surface area contributed by atoms with Crippen LogP contribution in [-0.4, -0.2) is 12.6 Å². The van der Waals surface area contributed by atoms with E-state index >= 15 is 0 Å². The van der Waals surface area contributed by atoms with E-state index in [0.717, 1.165) is 29.7 Å². The Labute approximate surface area is 210 Å². The monoisotopic (exact) mass is 486 g/mol. The highest BCUT2D eigenvalue weighted by Crippen LogP contribution is 2.27. The first kappa shape index (κ1) is 25.0. The summed E-state index contributed by atoms with van der Waals surface area (Å²) in [6.07, 6.45) is 5.82. The number of unbranched alkanes of at least 4 members (excludes halogenated alkanes) is 3. The number of aryl methyl sites for hydroxylation is 2. The van der Waals surface area contributed by atoms with Crippen molar-refractivity contribution < 1.29 is 23.4 Å². The summed E-state index contributed by atoms with van der Waals surface area (Å²) in [5.41, 5.74) is 2.32. The molecule has 1 aromatic heterocycles. The van der Waals surface area contributed by atoms with Crippen LogP contribution in [0.5, 0.6) is 23.0 Å². The molecule has 0 saturated carbocycles. The summed E-state index contributed by atoms with van der Waals surface area (Å²) in [6, 6.07) is 17.3. The summed E-state index contributed by atoms with van der Waals surface area (Å²) in [7, 11) is 0. The van der Waals surface area contributed by atoms with E-state index in [0.29, 0.717) is 28.9 Å². The number of esters is 1. The molecule has 0 spiro atoms. The molecular weight excluding hydrogens is 456 g/mol. The molecule has 4 rings (SSSR count). The average Bonchev–Trinajstić information content (AvgIpc) is 2.88. The van der Waals surface area contributed by atoms with Crippen LogP contribution in [-0.2, 0) is 0 Å². The fourth-order valence-electron chi connectivity index (χ4n) is 3.73. The lowest BCUT2D eigenvalue weighted by Gasteiger charge is -2.10. The lowest BCUT2D eigenvalue weighted by molar-refractivity contribution is 0.0735. The van der Waals surface area contributed by atoms with E-state index < -0.39 is 5.97 Å². The van der Waals surface area contributed by atoms with Crippen molar-refractivity contribution in [2.75, 3.05) is 6.61 Å². The van der Waals surface area contributed by atoms with Crippen molar-refractivity contribution in [2.24, 2.45) is 0 Å². The van der Waals surface area contributed by atoms with Crippen LogP contribution in [0.4, 0.5) is 0 Å². The first-order chi connectivity index (χ1) is 17.4. The molecule has 0 atom stereocenters. The minimum Gasteiger partial charge on any atom is -0.494 e. The van der Waals surface area contributed by atoms with E-state index in [1.807, 2.05) is 32.0 Å². The third-order valence-corrected chi connectivity index (χ3v) is 5.85. The Morgan fingerprint density at radius 1 is 0.861 bits per heavy atom. The highest BCUT2D eigenvalue weighted by atomic mass is 16.5. The van der Waals surface area contributed by atoms with Gasteiger partial charge in [-0.25, -0.2) is 4.79 Å². The number of carbonyl (C=O) groups excluding carboxylic acids is 1. The van der Waals surface area contributed by atoms with Gasteiger partial charge in [0.2, 0.25) is 11.2 Å². The van der Waals surface area contributed by atoms with Crippen molar-refractivity contribution in [1.29, 1.82) is 0 Å². The van der Waals surface area contributed by atoms with Gasteiger partial charge in [-0.3, -0.25) is 4.79 Å². The summed E-state index contributed by atoms with van der Waals surface area (Å²) in [5, 5.41) is 0.332. The van der Waals surface area contributed by atoms with Crippen LogP contribution in [0.1, 0.15) is 54.1 Å². The maximum Gasteiger partial charge on any atom is 0.343 e. The van der Waals surface area contributed by atoms with Crippen molar-refractivity contribution in [3.05, 3.63) is 93.8 Å². The lowest BCUT2D eigenvalue weighted by atomic mass is 10.1. The van der Waals surface area contributed by atoms with E-state index in [9.17, 15) is 9.59 Å². The predicted octanol–water partition coefficient (Wildman–Crippen LogP) is 7.38. The Bertz CT molecular complexity index is 1400. The SMILES string of the molecule is CCCCCCOc1ccc(C(=O)Oc2ccc3c(=O)c(Oc4cc(C)ccc4C)coc3c2)cc1.